The van der Waals surface area contributed by atoms with E-state index in [0.717, 1.165) is 12.1 Å². The van der Waals surface area contributed by atoms with Crippen molar-refractivity contribution in [3.05, 3.63) is 28.2 Å². The summed E-state index contributed by atoms with van der Waals surface area (Å²) in [5.74, 6) is -0.744. The van der Waals surface area contributed by atoms with Crippen LogP contribution in [0.3, 0.4) is 0 Å². The highest BCUT2D eigenvalue weighted by molar-refractivity contribution is 9.10. The van der Waals surface area contributed by atoms with Crippen molar-refractivity contribution in [2.24, 2.45) is 0 Å². The molecule has 1 N–H and O–H groups in total. The van der Waals surface area contributed by atoms with Crippen molar-refractivity contribution < 1.29 is 26.7 Å². The van der Waals surface area contributed by atoms with E-state index in [1.807, 2.05) is 0 Å². The Morgan fingerprint density at radius 1 is 1.29 bits per heavy atom. The summed E-state index contributed by atoms with van der Waals surface area (Å²) >= 11 is 2.91. The van der Waals surface area contributed by atoms with E-state index >= 15 is 0 Å². The molecular weight excluding hydrogens is 325 g/mol. The molecule has 8 heteroatoms. The second-order valence-corrected chi connectivity index (χ2v) is 6.17. The van der Waals surface area contributed by atoms with Gasteiger partial charge in [-0.05, 0) is 18.2 Å². The van der Waals surface area contributed by atoms with E-state index in [1.165, 1.54) is 0 Å². The van der Waals surface area contributed by atoms with Gasteiger partial charge >= 0.3 is 6.18 Å². The maximum absolute atomic E-state index is 12.6. The summed E-state index contributed by atoms with van der Waals surface area (Å²) in [5, 5.41) is 8.55. The Kier molecular flexibility index (Phi) is 4.21. The van der Waals surface area contributed by atoms with Gasteiger partial charge in [0.05, 0.1) is 22.8 Å². The smallest absolute Gasteiger partial charge is 0.395 e. The lowest BCUT2D eigenvalue weighted by atomic mass is 10.2. The molecule has 0 saturated carbocycles. The molecule has 0 radical (unpaired) electrons. The number of alkyl halides is 3. The molecule has 0 aliphatic rings. The first-order valence-electron chi connectivity index (χ1n) is 4.39. The van der Waals surface area contributed by atoms with Gasteiger partial charge in [0.2, 0.25) is 0 Å². The van der Waals surface area contributed by atoms with Crippen molar-refractivity contribution in [2.75, 3.05) is 12.4 Å². The maximum atomic E-state index is 12.6. The molecule has 17 heavy (non-hydrogen) atoms. The lowest BCUT2D eigenvalue weighted by Gasteiger charge is -2.13. The Hall–Kier alpha value is -0.600. The molecule has 0 unspecified atom stereocenters. The number of aliphatic hydroxyl groups is 1. The molecule has 0 aromatic heterocycles. The minimum absolute atomic E-state index is 0.224. The SMILES string of the molecule is O=S(=O)(CCO)c1cc(Br)ccc1C(F)(F)F. The van der Waals surface area contributed by atoms with Gasteiger partial charge in [-0.25, -0.2) is 8.42 Å². The lowest BCUT2D eigenvalue weighted by molar-refractivity contribution is -0.139. The van der Waals surface area contributed by atoms with Gasteiger partial charge in [-0.2, -0.15) is 13.2 Å². The molecule has 96 valence electrons. The molecule has 0 amide bonds. The third-order valence-electron chi connectivity index (χ3n) is 1.94. The molecule has 1 rings (SSSR count). The van der Waals surface area contributed by atoms with Crippen LogP contribution in [0.1, 0.15) is 5.56 Å². The van der Waals surface area contributed by atoms with Crippen molar-refractivity contribution in [3.8, 4) is 0 Å². The lowest BCUT2D eigenvalue weighted by Crippen LogP contribution is -2.17. The second-order valence-electron chi connectivity index (χ2n) is 3.18. The topological polar surface area (TPSA) is 54.4 Å². The predicted molar refractivity (Wildman–Crippen MR) is 58.3 cm³/mol. The summed E-state index contributed by atoms with van der Waals surface area (Å²) in [5.41, 5.74) is -1.23. The molecule has 1 aromatic carbocycles. The van der Waals surface area contributed by atoms with Gasteiger partial charge in [0.1, 0.15) is 0 Å². The number of hydrogen-bond donors (Lipinski definition) is 1. The van der Waals surface area contributed by atoms with E-state index in [-0.39, 0.29) is 4.47 Å². The average molecular weight is 333 g/mol. The van der Waals surface area contributed by atoms with Gasteiger partial charge in [0, 0.05) is 4.47 Å². The summed E-state index contributed by atoms with van der Waals surface area (Å²) in [6.07, 6.45) is -4.75. The number of benzene rings is 1. The van der Waals surface area contributed by atoms with E-state index in [4.69, 9.17) is 5.11 Å². The first-order valence-corrected chi connectivity index (χ1v) is 6.83. The van der Waals surface area contributed by atoms with Crippen molar-refractivity contribution in [1.82, 2.24) is 0 Å². The summed E-state index contributed by atoms with van der Waals surface area (Å²) in [6, 6.07) is 2.68. The van der Waals surface area contributed by atoms with E-state index in [2.05, 4.69) is 15.9 Å². The number of aliphatic hydroxyl groups excluding tert-OH is 1. The zero-order valence-corrected chi connectivity index (χ0v) is 10.7. The van der Waals surface area contributed by atoms with Crippen molar-refractivity contribution in [1.29, 1.82) is 0 Å². The van der Waals surface area contributed by atoms with Gasteiger partial charge in [-0.3, -0.25) is 0 Å². The molecular formula is C9H8BrF3O3S. The molecule has 0 heterocycles. The molecule has 0 atom stereocenters. The number of hydrogen-bond acceptors (Lipinski definition) is 3. The second kappa shape index (κ2) is 4.95. The molecule has 0 saturated heterocycles. The summed E-state index contributed by atoms with van der Waals surface area (Å²) in [4.78, 5) is -0.826. The highest BCUT2D eigenvalue weighted by Crippen LogP contribution is 2.35. The average Bonchev–Trinajstić information content (AvgIpc) is 2.15. The van der Waals surface area contributed by atoms with E-state index in [1.54, 1.807) is 0 Å². The van der Waals surface area contributed by atoms with Crippen LogP contribution in [0, 0.1) is 0 Å². The normalized spacial score (nSPS) is 12.8. The third kappa shape index (κ3) is 3.43. The fourth-order valence-electron chi connectivity index (χ4n) is 1.22. The van der Waals surface area contributed by atoms with E-state index in [9.17, 15) is 21.6 Å². The Morgan fingerprint density at radius 2 is 1.88 bits per heavy atom. The number of rotatable bonds is 3. The number of sulfone groups is 1. The monoisotopic (exact) mass is 332 g/mol. The van der Waals surface area contributed by atoms with Crippen LogP contribution < -0.4 is 0 Å². The van der Waals surface area contributed by atoms with Crippen LogP contribution in [0.4, 0.5) is 13.2 Å². The van der Waals surface area contributed by atoms with Gasteiger partial charge in [0.25, 0.3) is 0 Å². The van der Waals surface area contributed by atoms with Gasteiger partial charge in [-0.1, -0.05) is 15.9 Å². The Morgan fingerprint density at radius 3 is 2.35 bits per heavy atom. The molecule has 3 nitrogen and oxygen atoms in total. The van der Waals surface area contributed by atoms with E-state index in [0.29, 0.717) is 6.07 Å². The van der Waals surface area contributed by atoms with Crippen LogP contribution in [-0.4, -0.2) is 25.9 Å². The highest BCUT2D eigenvalue weighted by atomic mass is 79.9. The van der Waals surface area contributed by atoms with Crippen molar-refractivity contribution in [3.63, 3.8) is 0 Å². The molecule has 0 spiro atoms. The fourth-order valence-corrected chi connectivity index (χ4v) is 3.02. The summed E-state index contributed by atoms with van der Waals surface area (Å²) in [7, 11) is -4.15. The quantitative estimate of drug-likeness (QED) is 0.923. The summed E-state index contributed by atoms with van der Waals surface area (Å²) in [6.45, 7) is -0.730. The van der Waals surface area contributed by atoms with Crippen LogP contribution in [0.2, 0.25) is 0 Å². The summed E-state index contributed by atoms with van der Waals surface area (Å²) < 4.78 is 61.2. The van der Waals surface area contributed by atoms with Crippen LogP contribution in [-0.2, 0) is 16.0 Å². The first-order chi connectivity index (χ1) is 7.68. The third-order valence-corrected chi connectivity index (χ3v) is 4.17. The van der Waals surface area contributed by atoms with Crippen LogP contribution in [0.15, 0.2) is 27.6 Å². The van der Waals surface area contributed by atoms with Crippen LogP contribution >= 0.6 is 15.9 Å². The van der Waals surface area contributed by atoms with Gasteiger partial charge < -0.3 is 5.11 Å². The molecule has 0 aliphatic heterocycles. The number of halogens is 4. The zero-order valence-electron chi connectivity index (χ0n) is 8.33. The Bertz CT molecular complexity index is 511. The first kappa shape index (κ1) is 14.5. The molecule has 1 aromatic rings. The van der Waals surface area contributed by atoms with Gasteiger partial charge in [-0.15, -0.1) is 0 Å². The standard InChI is InChI=1S/C9H8BrF3O3S/c10-6-1-2-7(9(11,12)13)8(5-6)17(15,16)4-3-14/h1-2,5,14H,3-4H2. The van der Waals surface area contributed by atoms with Gasteiger partial charge in [0.15, 0.2) is 9.84 Å². The minimum Gasteiger partial charge on any atom is -0.395 e. The minimum atomic E-state index is -4.75. The maximum Gasteiger partial charge on any atom is 0.417 e. The fraction of sp³-hybridized carbons (Fsp3) is 0.333. The zero-order chi connectivity index (χ0) is 13.3. The van der Waals surface area contributed by atoms with Crippen molar-refractivity contribution in [2.45, 2.75) is 11.1 Å². The van der Waals surface area contributed by atoms with Crippen LogP contribution in [0.25, 0.3) is 0 Å². The highest BCUT2D eigenvalue weighted by Gasteiger charge is 2.36. The van der Waals surface area contributed by atoms with Crippen molar-refractivity contribution >= 4 is 25.8 Å². The molecule has 0 bridgehead atoms. The molecule has 0 fully saturated rings. The Labute approximate surface area is 104 Å². The van der Waals surface area contributed by atoms with E-state index < -0.39 is 38.8 Å². The Balaban J connectivity index is 3.46. The van der Waals surface area contributed by atoms with Crippen LogP contribution in [0.5, 0.6) is 0 Å². The molecule has 0 aliphatic carbocycles. The largest absolute Gasteiger partial charge is 0.417 e. The predicted octanol–water partition coefficient (Wildman–Crippen LogP) is 2.23.